The average Bonchev–Trinajstić information content (AvgIpc) is 2.28. The molecule has 0 amide bonds. The Bertz CT molecular complexity index is 326. The lowest BCUT2D eigenvalue weighted by molar-refractivity contribution is 0.159. The predicted octanol–water partition coefficient (Wildman–Crippen LogP) is 1.95. The second-order valence-corrected chi connectivity index (χ2v) is 4.16. The smallest absolute Gasteiger partial charge is 0.120 e. The normalized spacial score (nSPS) is 12.7. The van der Waals surface area contributed by atoms with Crippen LogP contribution < -0.4 is 5.32 Å². The Morgan fingerprint density at radius 1 is 1.38 bits per heavy atom. The monoisotopic (exact) mass is 223 g/mol. The molecule has 0 aliphatic carbocycles. The molecule has 0 radical (unpaired) electrons. The lowest BCUT2D eigenvalue weighted by Crippen LogP contribution is -2.19. The van der Waals surface area contributed by atoms with E-state index in [2.05, 4.69) is 5.32 Å². The number of aromatic hydroxyl groups is 1. The van der Waals surface area contributed by atoms with Crippen LogP contribution in [0.15, 0.2) is 18.2 Å². The van der Waals surface area contributed by atoms with Crippen molar-refractivity contribution in [1.29, 1.82) is 0 Å². The van der Waals surface area contributed by atoms with Crippen molar-refractivity contribution in [2.75, 3.05) is 6.54 Å². The predicted molar refractivity (Wildman–Crippen MR) is 65.5 cm³/mol. The molecule has 0 spiro atoms. The fourth-order valence-electron chi connectivity index (χ4n) is 1.55. The Hall–Kier alpha value is -1.06. The molecule has 0 saturated heterocycles. The van der Waals surface area contributed by atoms with Gasteiger partial charge in [-0.15, -0.1) is 0 Å². The van der Waals surface area contributed by atoms with Gasteiger partial charge in [0.05, 0.1) is 6.10 Å². The highest BCUT2D eigenvalue weighted by Crippen LogP contribution is 2.17. The highest BCUT2D eigenvalue weighted by molar-refractivity contribution is 5.35. The maximum absolute atomic E-state index is 9.60. The maximum Gasteiger partial charge on any atom is 0.120 e. The van der Waals surface area contributed by atoms with Gasteiger partial charge in [0.2, 0.25) is 0 Å². The number of nitrogens with one attached hydrogen (secondary N) is 1. The molecule has 0 aliphatic rings. The zero-order valence-electron chi connectivity index (χ0n) is 10.0. The lowest BCUT2D eigenvalue weighted by atomic mass is 10.1. The van der Waals surface area contributed by atoms with Gasteiger partial charge in [-0.05, 0) is 32.4 Å². The van der Waals surface area contributed by atoms with Crippen molar-refractivity contribution in [3.8, 4) is 5.75 Å². The second-order valence-electron chi connectivity index (χ2n) is 4.16. The molecule has 0 heterocycles. The van der Waals surface area contributed by atoms with E-state index in [1.54, 1.807) is 6.07 Å². The maximum atomic E-state index is 9.60. The molecule has 0 bridgehead atoms. The van der Waals surface area contributed by atoms with E-state index in [4.69, 9.17) is 0 Å². The molecular weight excluding hydrogens is 202 g/mol. The van der Waals surface area contributed by atoms with Crippen molar-refractivity contribution in [3.63, 3.8) is 0 Å². The molecule has 1 rings (SSSR count). The summed E-state index contributed by atoms with van der Waals surface area (Å²) in [5.74, 6) is 0.328. The van der Waals surface area contributed by atoms with E-state index in [1.807, 2.05) is 26.0 Å². The van der Waals surface area contributed by atoms with E-state index in [-0.39, 0.29) is 6.10 Å². The van der Waals surface area contributed by atoms with E-state index in [0.29, 0.717) is 12.3 Å². The van der Waals surface area contributed by atoms with Gasteiger partial charge >= 0.3 is 0 Å². The summed E-state index contributed by atoms with van der Waals surface area (Å²) in [7, 11) is 0. The number of aliphatic hydroxyl groups is 1. The summed E-state index contributed by atoms with van der Waals surface area (Å²) in [4.78, 5) is 0. The van der Waals surface area contributed by atoms with Crippen molar-refractivity contribution in [3.05, 3.63) is 29.3 Å². The van der Waals surface area contributed by atoms with Crippen molar-refractivity contribution in [1.82, 2.24) is 5.32 Å². The Morgan fingerprint density at radius 2 is 2.12 bits per heavy atom. The Morgan fingerprint density at radius 3 is 2.81 bits per heavy atom. The van der Waals surface area contributed by atoms with Crippen LogP contribution in [0.2, 0.25) is 0 Å². The number of benzene rings is 1. The SMILES string of the molecule is CCC(O)CCNCc1cc(C)ccc1O. The summed E-state index contributed by atoms with van der Waals surface area (Å²) in [6.45, 7) is 5.38. The van der Waals surface area contributed by atoms with Gasteiger partial charge in [0.15, 0.2) is 0 Å². The molecule has 0 aromatic heterocycles. The van der Waals surface area contributed by atoms with Crippen LogP contribution in [0.4, 0.5) is 0 Å². The molecule has 0 saturated carbocycles. The summed E-state index contributed by atoms with van der Waals surface area (Å²) < 4.78 is 0. The molecule has 3 nitrogen and oxygen atoms in total. The van der Waals surface area contributed by atoms with Gasteiger partial charge in [-0.1, -0.05) is 24.6 Å². The van der Waals surface area contributed by atoms with Crippen LogP contribution in [0.5, 0.6) is 5.75 Å². The van der Waals surface area contributed by atoms with Gasteiger partial charge in [-0.25, -0.2) is 0 Å². The van der Waals surface area contributed by atoms with E-state index in [0.717, 1.165) is 30.5 Å². The van der Waals surface area contributed by atoms with E-state index >= 15 is 0 Å². The van der Waals surface area contributed by atoms with Crippen LogP contribution in [-0.2, 0) is 6.54 Å². The minimum Gasteiger partial charge on any atom is -0.508 e. The second kappa shape index (κ2) is 6.51. The van der Waals surface area contributed by atoms with Crippen LogP contribution in [0.1, 0.15) is 30.9 Å². The van der Waals surface area contributed by atoms with E-state index < -0.39 is 0 Å². The first kappa shape index (κ1) is 13.0. The number of rotatable bonds is 6. The molecule has 1 aromatic rings. The third-order valence-corrected chi connectivity index (χ3v) is 2.68. The standard InChI is InChI=1S/C13H21NO2/c1-3-12(15)6-7-14-9-11-8-10(2)4-5-13(11)16/h4-5,8,12,14-16H,3,6-7,9H2,1-2H3. The first-order chi connectivity index (χ1) is 7.63. The van der Waals surface area contributed by atoms with Crippen LogP contribution in [0, 0.1) is 6.92 Å². The number of phenols is 1. The minimum absolute atomic E-state index is 0.224. The first-order valence-electron chi connectivity index (χ1n) is 5.80. The summed E-state index contributed by atoms with van der Waals surface area (Å²) in [6.07, 6.45) is 1.32. The number of aryl methyl sites for hydroxylation is 1. The van der Waals surface area contributed by atoms with Gasteiger partial charge in [-0.2, -0.15) is 0 Å². The number of hydrogen-bond donors (Lipinski definition) is 3. The summed E-state index contributed by atoms with van der Waals surface area (Å²) in [5.41, 5.74) is 2.05. The highest BCUT2D eigenvalue weighted by Gasteiger charge is 2.02. The van der Waals surface area contributed by atoms with Crippen molar-refractivity contribution < 1.29 is 10.2 Å². The molecular formula is C13H21NO2. The average molecular weight is 223 g/mol. The zero-order valence-corrected chi connectivity index (χ0v) is 10.0. The number of hydrogen-bond acceptors (Lipinski definition) is 3. The van der Waals surface area contributed by atoms with Crippen molar-refractivity contribution in [2.24, 2.45) is 0 Å². The molecule has 3 N–H and O–H groups in total. The molecule has 90 valence electrons. The fraction of sp³-hybridized carbons (Fsp3) is 0.538. The molecule has 1 aromatic carbocycles. The van der Waals surface area contributed by atoms with Gasteiger partial charge < -0.3 is 15.5 Å². The van der Waals surface area contributed by atoms with E-state index in [9.17, 15) is 10.2 Å². The lowest BCUT2D eigenvalue weighted by Gasteiger charge is -2.10. The minimum atomic E-state index is -0.224. The summed E-state index contributed by atoms with van der Waals surface area (Å²) >= 11 is 0. The fourth-order valence-corrected chi connectivity index (χ4v) is 1.55. The summed E-state index contributed by atoms with van der Waals surface area (Å²) in [6, 6.07) is 5.57. The quantitative estimate of drug-likeness (QED) is 0.646. The number of phenolic OH excluding ortho intramolecular Hbond substituents is 1. The van der Waals surface area contributed by atoms with E-state index in [1.165, 1.54) is 0 Å². The molecule has 1 atom stereocenters. The van der Waals surface area contributed by atoms with Crippen LogP contribution in [0.25, 0.3) is 0 Å². The topological polar surface area (TPSA) is 52.5 Å². The highest BCUT2D eigenvalue weighted by atomic mass is 16.3. The van der Waals surface area contributed by atoms with Crippen LogP contribution in [-0.4, -0.2) is 22.9 Å². The van der Waals surface area contributed by atoms with Gasteiger partial charge in [-0.3, -0.25) is 0 Å². The van der Waals surface area contributed by atoms with Gasteiger partial charge in [0, 0.05) is 12.1 Å². The Balaban J connectivity index is 2.34. The van der Waals surface area contributed by atoms with Crippen LogP contribution >= 0.6 is 0 Å². The third-order valence-electron chi connectivity index (χ3n) is 2.68. The third kappa shape index (κ3) is 4.21. The zero-order chi connectivity index (χ0) is 12.0. The van der Waals surface area contributed by atoms with Crippen molar-refractivity contribution >= 4 is 0 Å². The Labute approximate surface area is 97.1 Å². The first-order valence-corrected chi connectivity index (χ1v) is 5.80. The molecule has 16 heavy (non-hydrogen) atoms. The molecule has 3 heteroatoms. The molecule has 1 unspecified atom stereocenters. The van der Waals surface area contributed by atoms with Gasteiger partial charge in [0.25, 0.3) is 0 Å². The summed E-state index contributed by atoms with van der Waals surface area (Å²) in [5, 5.41) is 22.2. The van der Waals surface area contributed by atoms with Crippen LogP contribution in [0.3, 0.4) is 0 Å². The largest absolute Gasteiger partial charge is 0.508 e. The molecule has 0 aliphatic heterocycles. The number of aliphatic hydroxyl groups excluding tert-OH is 1. The Kier molecular flexibility index (Phi) is 5.29. The van der Waals surface area contributed by atoms with Crippen molar-refractivity contribution in [2.45, 2.75) is 39.3 Å². The molecule has 0 fully saturated rings. The van der Waals surface area contributed by atoms with Gasteiger partial charge in [0.1, 0.15) is 5.75 Å².